The van der Waals surface area contributed by atoms with Crippen LogP contribution in [-0.4, -0.2) is 37.4 Å². The number of anilines is 1. The molecule has 19 heavy (non-hydrogen) atoms. The predicted molar refractivity (Wildman–Crippen MR) is 78.1 cm³/mol. The Morgan fingerprint density at radius 3 is 2.37 bits per heavy atom. The van der Waals surface area contributed by atoms with Crippen molar-refractivity contribution in [2.24, 2.45) is 0 Å². The molecule has 0 spiro atoms. The topological polar surface area (TPSA) is 75.4 Å². The number of rotatable bonds is 5. The predicted octanol–water partition coefficient (Wildman–Crippen LogP) is 0.828. The van der Waals surface area contributed by atoms with Crippen LogP contribution in [0.15, 0.2) is 24.3 Å². The van der Waals surface area contributed by atoms with Gasteiger partial charge in [0.05, 0.1) is 6.42 Å². The molecule has 0 heterocycles. The average Bonchev–Trinajstić information content (AvgIpc) is 2.38. The van der Waals surface area contributed by atoms with Gasteiger partial charge in [-0.1, -0.05) is 12.1 Å². The van der Waals surface area contributed by atoms with Crippen molar-refractivity contribution in [1.82, 2.24) is 10.2 Å². The first kappa shape index (κ1) is 17.2. The molecular weight excluding hydrogens is 266 g/mol. The molecule has 1 aromatic rings. The number of benzene rings is 1. The van der Waals surface area contributed by atoms with Crippen molar-refractivity contribution in [2.45, 2.75) is 12.8 Å². The number of carbonyl (C=O) groups excluding carboxylic acids is 2. The van der Waals surface area contributed by atoms with Gasteiger partial charge in [-0.25, -0.2) is 0 Å². The molecule has 0 atom stereocenters. The summed E-state index contributed by atoms with van der Waals surface area (Å²) in [5.74, 6) is -0.0780. The van der Waals surface area contributed by atoms with Gasteiger partial charge in [0.2, 0.25) is 11.8 Å². The number of nitrogens with zero attached hydrogens (tertiary/aromatic N) is 1. The molecule has 106 valence electrons. The van der Waals surface area contributed by atoms with Gasteiger partial charge < -0.3 is 16.0 Å². The highest BCUT2D eigenvalue weighted by Crippen LogP contribution is 2.07. The van der Waals surface area contributed by atoms with Crippen LogP contribution in [0.4, 0.5) is 5.69 Å². The molecule has 0 aromatic heterocycles. The van der Waals surface area contributed by atoms with Crippen molar-refractivity contribution < 1.29 is 9.59 Å². The summed E-state index contributed by atoms with van der Waals surface area (Å²) >= 11 is 0. The average molecular weight is 286 g/mol. The molecule has 0 aliphatic rings. The lowest BCUT2D eigenvalue weighted by Crippen LogP contribution is -2.32. The van der Waals surface area contributed by atoms with E-state index in [4.69, 9.17) is 5.73 Å². The molecule has 5 nitrogen and oxygen atoms in total. The van der Waals surface area contributed by atoms with Gasteiger partial charge in [-0.3, -0.25) is 9.59 Å². The molecule has 0 unspecified atom stereocenters. The first-order valence-corrected chi connectivity index (χ1v) is 5.82. The SMILES string of the molecule is CNC(=O)CCN(C)C(=O)Cc1ccc(N)cc1.Cl. The Morgan fingerprint density at radius 1 is 1.26 bits per heavy atom. The Balaban J connectivity index is 0.00000324. The molecule has 0 saturated carbocycles. The van der Waals surface area contributed by atoms with Crippen LogP contribution in [0.25, 0.3) is 0 Å². The first-order chi connectivity index (χ1) is 8.52. The standard InChI is InChI=1S/C13H19N3O2.ClH/c1-15-12(17)7-8-16(2)13(18)9-10-3-5-11(14)6-4-10;/h3-6H,7-9,14H2,1-2H3,(H,15,17);1H. The van der Waals surface area contributed by atoms with E-state index in [2.05, 4.69) is 5.32 Å². The molecule has 0 bridgehead atoms. The zero-order chi connectivity index (χ0) is 13.5. The van der Waals surface area contributed by atoms with E-state index >= 15 is 0 Å². The molecule has 0 radical (unpaired) electrons. The summed E-state index contributed by atoms with van der Waals surface area (Å²) in [6.45, 7) is 0.424. The monoisotopic (exact) mass is 285 g/mol. The Labute approximate surface area is 119 Å². The summed E-state index contributed by atoms with van der Waals surface area (Å²) in [6.07, 6.45) is 0.644. The largest absolute Gasteiger partial charge is 0.399 e. The van der Waals surface area contributed by atoms with Gasteiger partial charge in [-0.05, 0) is 17.7 Å². The van der Waals surface area contributed by atoms with Crippen LogP contribution < -0.4 is 11.1 Å². The number of halogens is 1. The van der Waals surface area contributed by atoms with E-state index in [1.54, 1.807) is 31.1 Å². The van der Waals surface area contributed by atoms with E-state index < -0.39 is 0 Å². The molecule has 1 rings (SSSR count). The third kappa shape index (κ3) is 6.10. The lowest BCUT2D eigenvalue weighted by Gasteiger charge is -2.16. The number of amides is 2. The zero-order valence-electron chi connectivity index (χ0n) is 11.2. The minimum Gasteiger partial charge on any atom is -0.399 e. The number of nitrogens with one attached hydrogen (secondary N) is 1. The lowest BCUT2D eigenvalue weighted by molar-refractivity contribution is -0.129. The fourth-order valence-corrected chi connectivity index (χ4v) is 1.46. The molecular formula is C13H20ClN3O2. The molecule has 0 aliphatic carbocycles. The molecule has 0 saturated heterocycles. The van der Waals surface area contributed by atoms with Gasteiger partial charge in [0.1, 0.15) is 0 Å². The van der Waals surface area contributed by atoms with E-state index in [1.807, 2.05) is 12.1 Å². The summed E-state index contributed by atoms with van der Waals surface area (Å²) in [7, 11) is 3.28. The van der Waals surface area contributed by atoms with Crippen LogP contribution >= 0.6 is 12.4 Å². The van der Waals surface area contributed by atoms with Gasteiger partial charge in [0, 0.05) is 32.7 Å². The van der Waals surface area contributed by atoms with Gasteiger partial charge in [0.25, 0.3) is 0 Å². The van der Waals surface area contributed by atoms with E-state index in [9.17, 15) is 9.59 Å². The second kappa shape index (κ2) is 8.37. The van der Waals surface area contributed by atoms with E-state index in [0.29, 0.717) is 25.1 Å². The number of hydrogen-bond donors (Lipinski definition) is 2. The molecule has 1 aromatic carbocycles. The maximum absolute atomic E-state index is 11.9. The Hall–Kier alpha value is -1.75. The fraction of sp³-hybridized carbons (Fsp3) is 0.385. The Bertz CT molecular complexity index is 420. The first-order valence-electron chi connectivity index (χ1n) is 5.82. The number of nitrogens with two attached hydrogens (primary N) is 1. The number of likely N-dealkylation sites (N-methyl/N-ethyl adjacent to an activating group) is 1. The van der Waals surface area contributed by atoms with Crippen LogP contribution in [0.5, 0.6) is 0 Å². The smallest absolute Gasteiger partial charge is 0.226 e. The third-order valence-corrected chi connectivity index (χ3v) is 2.71. The summed E-state index contributed by atoms with van der Waals surface area (Å²) in [4.78, 5) is 24.5. The van der Waals surface area contributed by atoms with Crippen molar-refractivity contribution in [3.05, 3.63) is 29.8 Å². The van der Waals surface area contributed by atoms with Crippen LogP contribution in [0.2, 0.25) is 0 Å². The minimum atomic E-state index is -0.0675. The van der Waals surface area contributed by atoms with Crippen molar-refractivity contribution in [2.75, 3.05) is 26.4 Å². The Morgan fingerprint density at radius 2 is 1.84 bits per heavy atom. The fourth-order valence-electron chi connectivity index (χ4n) is 1.46. The highest BCUT2D eigenvalue weighted by atomic mass is 35.5. The quantitative estimate of drug-likeness (QED) is 0.787. The highest BCUT2D eigenvalue weighted by molar-refractivity contribution is 5.85. The zero-order valence-corrected chi connectivity index (χ0v) is 12.0. The highest BCUT2D eigenvalue weighted by Gasteiger charge is 2.10. The molecule has 6 heteroatoms. The lowest BCUT2D eigenvalue weighted by atomic mass is 10.1. The second-order valence-corrected chi connectivity index (χ2v) is 4.16. The van der Waals surface area contributed by atoms with Crippen molar-refractivity contribution in [3.8, 4) is 0 Å². The summed E-state index contributed by atoms with van der Waals surface area (Å²) < 4.78 is 0. The molecule has 0 fully saturated rings. The van der Waals surface area contributed by atoms with Crippen molar-refractivity contribution in [3.63, 3.8) is 0 Å². The van der Waals surface area contributed by atoms with Crippen LogP contribution in [-0.2, 0) is 16.0 Å². The number of nitrogen functional groups attached to an aromatic ring is 1. The number of carbonyl (C=O) groups is 2. The summed E-state index contributed by atoms with van der Waals surface area (Å²) in [6, 6.07) is 7.21. The second-order valence-electron chi connectivity index (χ2n) is 4.16. The van der Waals surface area contributed by atoms with Crippen molar-refractivity contribution in [1.29, 1.82) is 0 Å². The van der Waals surface area contributed by atoms with E-state index in [-0.39, 0.29) is 24.2 Å². The Kier molecular flexibility index (Phi) is 7.60. The van der Waals surface area contributed by atoms with Crippen LogP contribution in [0.3, 0.4) is 0 Å². The van der Waals surface area contributed by atoms with E-state index in [1.165, 1.54) is 0 Å². The maximum atomic E-state index is 11.9. The van der Waals surface area contributed by atoms with Crippen molar-refractivity contribution >= 4 is 29.9 Å². The maximum Gasteiger partial charge on any atom is 0.226 e. The molecule has 2 amide bonds. The van der Waals surface area contributed by atoms with Crippen LogP contribution in [0, 0.1) is 0 Å². The molecule has 3 N–H and O–H groups in total. The van der Waals surface area contributed by atoms with Gasteiger partial charge >= 0.3 is 0 Å². The van der Waals surface area contributed by atoms with Gasteiger partial charge in [-0.15, -0.1) is 12.4 Å². The number of hydrogen-bond acceptors (Lipinski definition) is 3. The van der Waals surface area contributed by atoms with Gasteiger partial charge in [-0.2, -0.15) is 0 Å². The summed E-state index contributed by atoms with van der Waals surface area (Å²) in [5.41, 5.74) is 7.17. The van der Waals surface area contributed by atoms with Gasteiger partial charge in [0.15, 0.2) is 0 Å². The normalized spacial score (nSPS) is 9.37. The third-order valence-electron chi connectivity index (χ3n) is 2.71. The minimum absolute atomic E-state index is 0. The van der Waals surface area contributed by atoms with E-state index in [0.717, 1.165) is 5.56 Å². The summed E-state index contributed by atoms with van der Waals surface area (Å²) in [5, 5.41) is 2.52. The van der Waals surface area contributed by atoms with Crippen LogP contribution in [0.1, 0.15) is 12.0 Å². The molecule has 0 aliphatic heterocycles.